The maximum atomic E-state index is 12.7. The Morgan fingerprint density at radius 3 is 2.52 bits per heavy atom. The third kappa shape index (κ3) is 4.07. The van der Waals surface area contributed by atoms with Crippen LogP contribution in [0.25, 0.3) is 16.6 Å². The molecule has 0 aliphatic carbocycles. The van der Waals surface area contributed by atoms with Gasteiger partial charge in [-0.05, 0) is 30.3 Å². The third-order valence-corrected chi connectivity index (χ3v) is 7.83. The van der Waals surface area contributed by atoms with E-state index in [1.54, 1.807) is 24.3 Å². The molecule has 10 heteroatoms. The Kier molecular flexibility index (Phi) is 5.45. The molecule has 2 aromatic carbocycles. The van der Waals surface area contributed by atoms with Crippen LogP contribution in [0.4, 0.5) is 5.69 Å². The Morgan fingerprint density at radius 1 is 1.00 bits per heavy atom. The van der Waals surface area contributed by atoms with E-state index in [9.17, 15) is 8.42 Å². The maximum absolute atomic E-state index is 12.7. The number of rotatable bonds is 4. The van der Waals surface area contributed by atoms with Crippen LogP contribution in [0, 0.1) is 0 Å². The molecule has 0 unspecified atom stereocenters. The summed E-state index contributed by atoms with van der Waals surface area (Å²) in [4.78, 5) is 8.09. The maximum Gasteiger partial charge on any atom is 0.243 e. The van der Waals surface area contributed by atoms with E-state index in [1.807, 2.05) is 29.8 Å². The minimum absolute atomic E-state index is 0.266. The zero-order valence-corrected chi connectivity index (χ0v) is 18.2. The van der Waals surface area contributed by atoms with Crippen molar-refractivity contribution in [2.24, 2.45) is 4.99 Å². The summed E-state index contributed by atoms with van der Waals surface area (Å²) in [6.07, 6.45) is 1.97. The number of aliphatic imine (C=N–C) groups is 1. The highest BCUT2D eigenvalue weighted by Gasteiger charge is 2.26. The van der Waals surface area contributed by atoms with Gasteiger partial charge in [-0.3, -0.25) is 10.9 Å². The molecule has 3 heterocycles. The normalized spacial score (nSPS) is 19.1. The van der Waals surface area contributed by atoms with Gasteiger partial charge in [0.05, 0.1) is 29.5 Å². The van der Waals surface area contributed by atoms with Gasteiger partial charge in [0.1, 0.15) is 0 Å². The molecule has 2 aliphatic rings. The Morgan fingerprint density at radius 2 is 1.77 bits per heavy atom. The van der Waals surface area contributed by atoms with Crippen molar-refractivity contribution < 1.29 is 13.2 Å². The van der Waals surface area contributed by atoms with Crippen molar-refractivity contribution in [3.8, 4) is 0 Å². The second kappa shape index (κ2) is 8.39. The standard InChI is InChI=1S/C21H21N5O3S2/c27-31(28,26-9-11-29-12-10-26)16-7-5-15(6-8-16)23-21-25-24-20(14-30-21)18-13-22-19-4-2-1-3-17(18)19/h1-8,13-14,22,24H,9-12H2,(H,23,25). The smallest absolute Gasteiger partial charge is 0.243 e. The number of thioether (sulfide) groups is 1. The average Bonchev–Trinajstić information content (AvgIpc) is 3.25. The largest absolute Gasteiger partial charge is 0.379 e. The van der Waals surface area contributed by atoms with Crippen LogP contribution in [-0.4, -0.2) is 49.2 Å². The molecule has 31 heavy (non-hydrogen) atoms. The van der Waals surface area contributed by atoms with Gasteiger partial charge in [-0.1, -0.05) is 30.0 Å². The van der Waals surface area contributed by atoms with E-state index in [0.717, 1.165) is 22.2 Å². The second-order valence-corrected chi connectivity index (χ2v) is 9.87. The first-order valence-electron chi connectivity index (χ1n) is 9.83. The van der Waals surface area contributed by atoms with E-state index in [-0.39, 0.29) is 4.90 Å². The Hall–Kier alpha value is -2.79. The lowest BCUT2D eigenvalue weighted by Crippen LogP contribution is -2.40. The number of sulfonamides is 1. The molecule has 3 N–H and O–H groups in total. The number of hydrogen-bond donors (Lipinski definition) is 3. The minimum Gasteiger partial charge on any atom is -0.379 e. The van der Waals surface area contributed by atoms with E-state index in [4.69, 9.17) is 4.74 Å². The molecule has 0 radical (unpaired) electrons. The summed E-state index contributed by atoms with van der Waals surface area (Å²) in [5, 5.41) is 3.82. The van der Waals surface area contributed by atoms with E-state index < -0.39 is 10.0 Å². The van der Waals surface area contributed by atoms with Gasteiger partial charge in [0.2, 0.25) is 10.0 Å². The fraction of sp³-hybridized carbons (Fsp3) is 0.190. The first-order valence-corrected chi connectivity index (χ1v) is 12.2. The van der Waals surface area contributed by atoms with E-state index >= 15 is 0 Å². The van der Waals surface area contributed by atoms with Crippen molar-refractivity contribution in [2.75, 3.05) is 26.3 Å². The third-order valence-electron chi connectivity index (χ3n) is 5.15. The van der Waals surface area contributed by atoms with Gasteiger partial charge in [0.15, 0.2) is 5.17 Å². The summed E-state index contributed by atoms with van der Waals surface area (Å²) in [5.41, 5.74) is 10.1. The number of aromatic nitrogens is 1. The molecule has 2 aliphatic heterocycles. The lowest BCUT2D eigenvalue weighted by molar-refractivity contribution is 0.0730. The number of H-pyrrole nitrogens is 1. The number of ether oxygens (including phenoxy) is 1. The molecule has 5 rings (SSSR count). The number of amidine groups is 1. The van der Waals surface area contributed by atoms with Gasteiger partial charge in [-0.15, -0.1) is 0 Å². The summed E-state index contributed by atoms with van der Waals surface area (Å²) in [6.45, 7) is 1.61. The predicted octanol–water partition coefficient (Wildman–Crippen LogP) is 3.02. The number of hydrazine groups is 1. The van der Waals surface area contributed by atoms with Crippen LogP contribution in [0.5, 0.6) is 0 Å². The van der Waals surface area contributed by atoms with E-state index in [1.165, 1.54) is 16.1 Å². The van der Waals surface area contributed by atoms with Gasteiger partial charge in [0, 0.05) is 41.2 Å². The molecule has 3 aromatic rings. The van der Waals surface area contributed by atoms with Crippen LogP contribution in [0.3, 0.4) is 0 Å². The highest BCUT2D eigenvalue weighted by molar-refractivity contribution is 8.16. The van der Waals surface area contributed by atoms with Crippen molar-refractivity contribution in [3.63, 3.8) is 0 Å². The van der Waals surface area contributed by atoms with Gasteiger partial charge in [-0.25, -0.2) is 13.4 Å². The summed E-state index contributed by atoms with van der Waals surface area (Å²) in [5.74, 6) is 0. The number of aromatic amines is 1. The summed E-state index contributed by atoms with van der Waals surface area (Å²) >= 11 is 1.47. The van der Waals surface area contributed by atoms with Crippen LogP contribution in [0.1, 0.15) is 5.56 Å². The van der Waals surface area contributed by atoms with Crippen LogP contribution in [0.2, 0.25) is 0 Å². The van der Waals surface area contributed by atoms with Crippen molar-refractivity contribution in [1.82, 2.24) is 20.1 Å². The lowest BCUT2D eigenvalue weighted by atomic mass is 10.1. The average molecular weight is 456 g/mol. The SMILES string of the molecule is O=S(=O)(c1ccc(N=C2NNC(c3c[nH]c4ccccc34)=CS2)cc1)N1CCOCC1. The molecule has 0 atom stereocenters. The highest BCUT2D eigenvalue weighted by Crippen LogP contribution is 2.28. The molecule has 1 aromatic heterocycles. The first-order chi connectivity index (χ1) is 15.1. The summed E-state index contributed by atoms with van der Waals surface area (Å²) in [7, 11) is -3.50. The number of morpholine rings is 1. The quantitative estimate of drug-likeness (QED) is 0.559. The van der Waals surface area contributed by atoms with E-state index in [0.29, 0.717) is 37.2 Å². The van der Waals surface area contributed by atoms with Crippen molar-refractivity contribution in [2.45, 2.75) is 4.90 Å². The number of nitrogens with zero attached hydrogens (tertiary/aromatic N) is 2. The van der Waals surface area contributed by atoms with Crippen LogP contribution in [0.15, 0.2) is 70.0 Å². The molecule has 0 saturated carbocycles. The van der Waals surface area contributed by atoms with Crippen LogP contribution >= 0.6 is 11.8 Å². The Labute approximate surface area is 184 Å². The number of nitrogens with one attached hydrogen (secondary N) is 3. The number of hydrogen-bond acceptors (Lipinski definition) is 6. The Balaban J connectivity index is 1.30. The molecule has 0 spiro atoms. The molecular weight excluding hydrogens is 434 g/mol. The van der Waals surface area contributed by atoms with Crippen LogP contribution in [-0.2, 0) is 14.8 Å². The van der Waals surface area contributed by atoms with Crippen molar-refractivity contribution >= 4 is 49.2 Å². The molecule has 8 nitrogen and oxygen atoms in total. The summed E-state index contributed by atoms with van der Waals surface area (Å²) < 4.78 is 32.2. The lowest BCUT2D eigenvalue weighted by Gasteiger charge is -2.26. The number of fused-ring (bicyclic) bond motifs is 1. The molecular formula is C21H21N5O3S2. The molecule has 0 amide bonds. The summed E-state index contributed by atoms with van der Waals surface area (Å²) in [6, 6.07) is 14.7. The number of benzene rings is 2. The van der Waals surface area contributed by atoms with Gasteiger partial charge in [0.25, 0.3) is 0 Å². The minimum atomic E-state index is -3.50. The fourth-order valence-corrected chi connectivity index (χ4v) is 5.61. The fourth-order valence-electron chi connectivity index (χ4n) is 3.52. The van der Waals surface area contributed by atoms with Crippen molar-refractivity contribution in [1.29, 1.82) is 0 Å². The Bertz CT molecular complexity index is 1260. The van der Waals surface area contributed by atoms with Gasteiger partial charge < -0.3 is 9.72 Å². The van der Waals surface area contributed by atoms with Crippen molar-refractivity contribution in [3.05, 3.63) is 65.7 Å². The zero-order valence-electron chi connectivity index (χ0n) is 16.5. The predicted molar refractivity (Wildman–Crippen MR) is 123 cm³/mol. The van der Waals surface area contributed by atoms with Gasteiger partial charge in [-0.2, -0.15) is 4.31 Å². The van der Waals surface area contributed by atoms with E-state index in [2.05, 4.69) is 26.9 Å². The zero-order chi connectivity index (χ0) is 21.3. The number of para-hydroxylation sites is 1. The molecule has 1 fully saturated rings. The highest BCUT2D eigenvalue weighted by atomic mass is 32.2. The molecule has 0 bridgehead atoms. The van der Waals surface area contributed by atoms with Gasteiger partial charge >= 0.3 is 0 Å². The monoisotopic (exact) mass is 455 g/mol. The first kappa shape index (κ1) is 20.1. The van der Waals surface area contributed by atoms with Crippen LogP contribution < -0.4 is 10.9 Å². The molecule has 160 valence electrons. The second-order valence-electron chi connectivity index (χ2n) is 7.07. The topological polar surface area (TPSA) is 98.8 Å². The molecule has 1 saturated heterocycles.